The molecule has 0 aliphatic rings. The Morgan fingerprint density at radius 1 is 1.22 bits per heavy atom. The Bertz CT molecular complexity index is 747. The Morgan fingerprint density at radius 3 is 2.57 bits per heavy atom. The van der Waals surface area contributed by atoms with E-state index >= 15 is 0 Å². The Kier molecular flexibility index (Phi) is 5.59. The van der Waals surface area contributed by atoms with Gasteiger partial charge in [-0.2, -0.15) is 5.10 Å². The number of hydrogen-bond donors (Lipinski definition) is 2. The van der Waals surface area contributed by atoms with Gasteiger partial charge in [0.1, 0.15) is 5.75 Å². The first-order chi connectivity index (χ1) is 11.0. The number of nitrogens with one attached hydrogen (secondary N) is 1. The molecule has 0 spiro atoms. The average Bonchev–Trinajstić information content (AvgIpc) is 2.55. The van der Waals surface area contributed by atoms with Gasteiger partial charge in [-0.1, -0.05) is 6.07 Å². The fourth-order valence-electron chi connectivity index (χ4n) is 1.84. The van der Waals surface area contributed by atoms with Crippen LogP contribution in [0.2, 0.25) is 0 Å². The van der Waals surface area contributed by atoms with Crippen LogP contribution in [-0.4, -0.2) is 31.4 Å². The van der Waals surface area contributed by atoms with Crippen LogP contribution in [-0.2, 0) is 0 Å². The lowest BCUT2D eigenvalue weighted by Crippen LogP contribution is -2.17. The molecule has 0 saturated heterocycles. The maximum Gasteiger partial charge on any atom is 0.271 e. The summed E-state index contributed by atoms with van der Waals surface area (Å²) in [6.45, 7) is 0. The molecule has 6 nitrogen and oxygen atoms in total. The van der Waals surface area contributed by atoms with Crippen molar-refractivity contribution in [3.63, 3.8) is 0 Å². The summed E-state index contributed by atoms with van der Waals surface area (Å²) >= 11 is 3.40. The summed E-state index contributed by atoms with van der Waals surface area (Å²) in [5, 5.41) is 13.3. The number of rotatable bonds is 5. The highest BCUT2D eigenvalue weighted by atomic mass is 79.9. The van der Waals surface area contributed by atoms with E-state index in [1.807, 2.05) is 0 Å². The number of carbonyl (C=O) groups is 1. The van der Waals surface area contributed by atoms with Crippen molar-refractivity contribution >= 4 is 28.1 Å². The quantitative estimate of drug-likeness (QED) is 0.619. The second-order valence-electron chi connectivity index (χ2n) is 4.48. The summed E-state index contributed by atoms with van der Waals surface area (Å²) in [5.41, 5.74) is 3.42. The van der Waals surface area contributed by atoms with Crippen molar-refractivity contribution < 1.29 is 19.4 Å². The van der Waals surface area contributed by atoms with Crippen LogP contribution in [0.25, 0.3) is 0 Å². The number of halogens is 1. The minimum absolute atomic E-state index is 0.0178. The van der Waals surface area contributed by atoms with Gasteiger partial charge < -0.3 is 14.6 Å². The van der Waals surface area contributed by atoms with E-state index < -0.39 is 5.91 Å². The van der Waals surface area contributed by atoms with Crippen LogP contribution < -0.4 is 14.9 Å². The zero-order valence-corrected chi connectivity index (χ0v) is 14.1. The molecule has 0 radical (unpaired) electrons. The second kappa shape index (κ2) is 7.64. The van der Waals surface area contributed by atoms with Gasteiger partial charge in [0, 0.05) is 15.6 Å². The number of phenols is 1. The molecule has 0 saturated carbocycles. The molecule has 0 unspecified atom stereocenters. The maximum absolute atomic E-state index is 11.9. The highest BCUT2D eigenvalue weighted by molar-refractivity contribution is 9.10. The van der Waals surface area contributed by atoms with Crippen molar-refractivity contribution in [2.75, 3.05) is 14.2 Å². The fourth-order valence-corrected chi connectivity index (χ4v) is 2.27. The van der Waals surface area contributed by atoms with Crippen LogP contribution in [0.1, 0.15) is 15.9 Å². The number of hydrazone groups is 1. The number of phenolic OH excluding ortho intramolecular Hbond substituents is 1. The Labute approximate surface area is 141 Å². The van der Waals surface area contributed by atoms with Crippen molar-refractivity contribution in [1.29, 1.82) is 0 Å². The summed E-state index contributed by atoms with van der Waals surface area (Å²) in [4.78, 5) is 11.9. The third-order valence-corrected chi connectivity index (χ3v) is 3.67. The van der Waals surface area contributed by atoms with Gasteiger partial charge in [-0.3, -0.25) is 4.79 Å². The van der Waals surface area contributed by atoms with E-state index in [-0.39, 0.29) is 5.75 Å². The van der Waals surface area contributed by atoms with Gasteiger partial charge in [0.2, 0.25) is 0 Å². The normalized spacial score (nSPS) is 10.6. The molecule has 0 fully saturated rings. The Hall–Kier alpha value is -2.54. The van der Waals surface area contributed by atoms with E-state index in [0.717, 1.165) is 4.47 Å². The minimum atomic E-state index is -0.422. The Morgan fingerprint density at radius 2 is 1.91 bits per heavy atom. The number of aromatic hydroxyl groups is 1. The molecule has 120 valence electrons. The molecule has 2 aromatic rings. The summed E-state index contributed by atoms with van der Waals surface area (Å²) in [6.07, 6.45) is 1.48. The van der Waals surface area contributed by atoms with Gasteiger partial charge in [0.05, 0.1) is 20.4 Å². The van der Waals surface area contributed by atoms with Crippen molar-refractivity contribution in [2.45, 2.75) is 0 Å². The molecule has 1 amide bonds. The molecule has 2 N–H and O–H groups in total. The van der Waals surface area contributed by atoms with Gasteiger partial charge in [-0.15, -0.1) is 0 Å². The van der Waals surface area contributed by atoms with Crippen LogP contribution in [0.3, 0.4) is 0 Å². The molecular weight excluding hydrogens is 364 g/mol. The van der Waals surface area contributed by atoms with E-state index in [1.54, 1.807) is 31.4 Å². The molecule has 0 aliphatic carbocycles. The van der Waals surface area contributed by atoms with Gasteiger partial charge in [-0.05, 0) is 46.3 Å². The smallest absolute Gasteiger partial charge is 0.271 e. The summed E-state index contributed by atoms with van der Waals surface area (Å²) < 4.78 is 11.2. The first-order valence-electron chi connectivity index (χ1n) is 6.59. The van der Waals surface area contributed by atoms with Crippen molar-refractivity contribution in [1.82, 2.24) is 5.43 Å². The van der Waals surface area contributed by atoms with Crippen LogP contribution >= 0.6 is 15.9 Å². The van der Waals surface area contributed by atoms with Crippen molar-refractivity contribution in [2.24, 2.45) is 5.10 Å². The van der Waals surface area contributed by atoms with E-state index in [1.165, 1.54) is 25.5 Å². The molecule has 23 heavy (non-hydrogen) atoms. The van der Waals surface area contributed by atoms with Crippen LogP contribution in [0, 0.1) is 0 Å². The zero-order valence-electron chi connectivity index (χ0n) is 12.5. The SMILES string of the molecule is COc1cc(Br)c(/C=N\NC(=O)c2cccc(O)c2)cc1OC. The molecule has 0 heterocycles. The molecule has 2 aromatic carbocycles. The van der Waals surface area contributed by atoms with Crippen LogP contribution in [0.4, 0.5) is 0 Å². The molecule has 2 rings (SSSR count). The third kappa shape index (κ3) is 4.23. The monoisotopic (exact) mass is 378 g/mol. The average molecular weight is 379 g/mol. The van der Waals surface area contributed by atoms with Crippen molar-refractivity contribution in [3.8, 4) is 17.2 Å². The summed E-state index contributed by atoms with van der Waals surface area (Å²) in [7, 11) is 3.09. The fraction of sp³-hybridized carbons (Fsp3) is 0.125. The first kappa shape index (κ1) is 16.8. The molecule has 0 bridgehead atoms. The lowest BCUT2D eigenvalue weighted by atomic mass is 10.2. The molecular formula is C16H15BrN2O4. The number of methoxy groups -OCH3 is 2. The highest BCUT2D eigenvalue weighted by Crippen LogP contribution is 2.32. The number of nitrogens with zero attached hydrogens (tertiary/aromatic N) is 1. The van der Waals surface area contributed by atoms with Gasteiger partial charge in [-0.25, -0.2) is 5.43 Å². The van der Waals surface area contributed by atoms with E-state index in [4.69, 9.17) is 9.47 Å². The number of ether oxygens (including phenoxy) is 2. The minimum Gasteiger partial charge on any atom is -0.508 e. The third-order valence-electron chi connectivity index (χ3n) is 2.98. The van der Waals surface area contributed by atoms with Gasteiger partial charge >= 0.3 is 0 Å². The summed E-state index contributed by atoms with van der Waals surface area (Å²) in [5.74, 6) is 0.731. The topological polar surface area (TPSA) is 80.2 Å². The molecule has 0 aliphatic heterocycles. The molecule has 7 heteroatoms. The zero-order chi connectivity index (χ0) is 16.8. The van der Waals surface area contributed by atoms with Gasteiger partial charge in [0.25, 0.3) is 5.91 Å². The number of hydrogen-bond acceptors (Lipinski definition) is 5. The first-order valence-corrected chi connectivity index (χ1v) is 7.38. The maximum atomic E-state index is 11.9. The highest BCUT2D eigenvalue weighted by Gasteiger charge is 2.09. The number of amides is 1. The Balaban J connectivity index is 2.13. The van der Waals surface area contributed by atoms with Gasteiger partial charge in [0.15, 0.2) is 11.5 Å². The predicted molar refractivity (Wildman–Crippen MR) is 90.4 cm³/mol. The molecule has 0 aromatic heterocycles. The second-order valence-corrected chi connectivity index (χ2v) is 5.33. The number of benzene rings is 2. The van der Waals surface area contributed by atoms with Crippen LogP contribution in [0.15, 0.2) is 46.0 Å². The molecule has 0 atom stereocenters. The lowest BCUT2D eigenvalue weighted by Gasteiger charge is -2.09. The largest absolute Gasteiger partial charge is 0.508 e. The van der Waals surface area contributed by atoms with E-state index in [9.17, 15) is 9.90 Å². The number of carbonyl (C=O) groups excluding carboxylic acids is 1. The van der Waals surface area contributed by atoms with E-state index in [0.29, 0.717) is 22.6 Å². The lowest BCUT2D eigenvalue weighted by molar-refractivity contribution is 0.0954. The summed E-state index contributed by atoms with van der Waals surface area (Å²) in [6, 6.07) is 9.48. The van der Waals surface area contributed by atoms with Crippen molar-refractivity contribution in [3.05, 3.63) is 52.0 Å². The van der Waals surface area contributed by atoms with E-state index in [2.05, 4.69) is 26.5 Å². The van der Waals surface area contributed by atoms with Crippen LogP contribution in [0.5, 0.6) is 17.2 Å². The predicted octanol–water partition coefficient (Wildman–Crippen LogP) is 2.94. The standard InChI is InChI=1S/C16H15BrN2O4/c1-22-14-7-11(13(17)8-15(14)23-2)9-18-19-16(21)10-4-3-5-12(20)6-10/h3-9,20H,1-2H3,(H,19,21)/b18-9-.